The molecule has 1 aromatic heterocycles. The molecule has 0 unspecified atom stereocenters. The van der Waals surface area contributed by atoms with Crippen LogP contribution in [0.3, 0.4) is 0 Å². The van der Waals surface area contributed by atoms with Gasteiger partial charge in [-0.05, 0) is 31.0 Å². The Morgan fingerprint density at radius 2 is 2.02 bits per heavy atom. The van der Waals surface area contributed by atoms with E-state index < -0.39 is 12.3 Å². The predicted octanol–water partition coefficient (Wildman–Crippen LogP) is 2.07. The summed E-state index contributed by atoms with van der Waals surface area (Å²) in [6.07, 6.45) is 3.03. The normalized spacial score (nSPS) is 22.5. The van der Waals surface area contributed by atoms with E-state index in [4.69, 9.17) is 19.3 Å². The number of likely N-dealkylation sites (tertiary alicyclic amines) is 1. The molecule has 2 aromatic rings. The van der Waals surface area contributed by atoms with Crippen molar-refractivity contribution in [2.45, 2.75) is 44.0 Å². The molecule has 1 amide bonds. The second-order valence-electron chi connectivity index (χ2n) is 11.8. The second-order valence-corrected chi connectivity index (χ2v) is 11.8. The summed E-state index contributed by atoms with van der Waals surface area (Å²) in [4.78, 5) is 31.5. The molecule has 0 radical (unpaired) electrons. The molecule has 0 spiro atoms. The third-order valence-electron chi connectivity index (χ3n) is 8.91. The SMILES string of the molecule is COC1=C(N2CCN(C3COC3)CC2)CCC(Nc2ncnc(-c3ccc(O[C@H]4CCN(C(=O)CCO)C[C@H]4F)c(C#N)c3)n2)=C1. The molecule has 3 fully saturated rings. The fourth-order valence-electron chi connectivity index (χ4n) is 6.23. The Balaban J connectivity index is 1.10. The number of methoxy groups -OCH3 is 1. The average Bonchev–Trinajstić information content (AvgIpc) is 3.05. The van der Waals surface area contributed by atoms with Gasteiger partial charge in [0.1, 0.15) is 30.0 Å². The summed E-state index contributed by atoms with van der Waals surface area (Å²) in [6.45, 7) is 5.55. The number of ether oxygens (including phenoxy) is 3. The smallest absolute Gasteiger partial charge is 0.230 e. The van der Waals surface area contributed by atoms with Crippen LogP contribution in [0.5, 0.6) is 5.75 Å². The molecule has 13 nitrogen and oxygen atoms in total. The first-order valence-corrected chi connectivity index (χ1v) is 15.7. The molecule has 0 saturated carbocycles. The van der Waals surface area contributed by atoms with Crippen LogP contribution in [0.15, 0.2) is 47.8 Å². The topological polar surface area (TPSA) is 149 Å². The van der Waals surface area contributed by atoms with Gasteiger partial charge in [-0.3, -0.25) is 9.69 Å². The Morgan fingerprint density at radius 1 is 1.20 bits per heavy atom. The number of nitrogens with one attached hydrogen (secondary N) is 1. The molecule has 3 saturated heterocycles. The minimum atomic E-state index is -1.42. The number of nitrogens with zero attached hydrogens (tertiary/aromatic N) is 7. The first kappa shape index (κ1) is 31.7. The predicted molar refractivity (Wildman–Crippen MR) is 165 cm³/mol. The van der Waals surface area contributed by atoms with Gasteiger partial charge in [-0.1, -0.05) is 0 Å². The molecule has 14 heteroatoms. The van der Waals surface area contributed by atoms with Crippen molar-refractivity contribution in [2.24, 2.45) is 0 Å². The van der Waals surface area contributed by atoms with Crippen LogP contribution >= 0.6 is 0 Å². The maximum Gasteiger partial charge on any atom is 0.230 e. The number of hydrogen-bond donors (Lipinski definition) is 2. The van der Waals surface area contributed by atoms with Gasteiger partial charge in [0.15, 0.2) is 12.0 Å². The van der Waals surface area contributed by atoms with E-state index >= 15 is 0 Å². The summed E-state index contributed by atoms with van der Waals surface area (Å²) in [6, 6.07) is 7.62. The van der Waals surface area contributed by atoms with Gasteiger partial charge >= 0.3 is 0 Å². The Kier molecular flexibility index (Phi) is 9.91. The van der Waals surface area contributed by atoms with Gasteiger partial charge in [-0.25, -0.2) is 14.4 Å². The zero-order valence-corrected chi connectivity index (χ0v) is 25.9. The van der Waals surface area contributed by atoms with Crippen LogP contribution in [-0.4, -0.2) is 125 Å². The van der Waals surface area contributed by atoms with E-state index in [1.165, 1.54) is 16.9 Å². The minimum absolute atomic E-state index is 0.0362. The Labute approximate surface area is 267 Å². The number of carbonyl (C=O) groups is 1. The number of alkyl halides is 1. The fraction of sp³-hybridized carbons (Fsp3) is 0.531. The van der Waals surface area contributed by atoms with E-state index in [2.05, 4.69) is 36.1 Å². The molecular weight excluding hydrogens is 595 g/mol. The highest BCUT2D eigenvalue weighted by Gasteiger charge is 2.34. The van der Waals surface area contributed by atoms with E-state index in [0.29, 0.717) is 29.9 Å². The summed E-state index contributed by atoms with van der Waals surface area (Å²) in [5.74, 6) is 1.53. The third-order valence-corrected chi connectivity index (χ3v) is 8.91. The molecule has 3 aliphatic heterocycles. The number of aliphatic hydroxyl groups is 1. The number of aliphatic hydroxyl groups excluding tert-OH is 1. The Hall–Kier alpha value is -4.32. The quantitative estimate of drug-likeness (QED) is 0.394. The van der Waals surface area contributed by atoms with Crippen molar-refractivity contribution in [2.75, 3.05) is 71.5 Å². The lowest BCUT2D eigenvalue weighted by Crippen LogP contribution is -2.56. The van der Waals surface area contributed by atoms with E-state index in [0.717, 1.165) is 63.7 Å². The van der Waals surface area contributed by atoms with Crippen molar-refractivity contribution in [3.63, 3.8) is 0 Å². The van der Waals surface area contributed by atoms with Gasteiger partial charge in [0.2, 0.25) is 11.9 Å². The van der Waals surface area contributed by atoms with E-state index in [1.54, 1.807) is 25.3 Å². The van der Waals surface area contributed by atoms with Crippen LogP contribution in [0.2, 0.25) is 0 Å². The number of piperazine rings is 1. The molecule has 2 N–H and O–H groups in total. The van der Waals surface area contributed by atoms with Crippen molar-refractivity contribution in [1.82, 2.24) is 29.7 Å². The number of hydrogen-bond acceptors (Lipinski definition) is 12. The largest absolute Gasteiger partial charge is 0.495 e. The molecule has 1 aliphatic carbocycles. The second kappa shape index (κ2) is 14.4. The summed E-state index contributed by atoms with van der Waals surface area (Å²) >= 11 is 0. The zero-order valence-electron chi connectivity index (χ0n) is 25.9. The van der Waals surface area contributed by atoms with Crippen molar-refractivity contribution in [3.05, 3.63) is 53.3 Å². The van der Waals surface area contributed by atoms with Gasteiger partial charge in [-0.2, -0.15) is 10.2 Å². The molecule has 46 heavy (non-hydrogen) atoms. The van der Waals surface area contributed by atoms with Crippen LogP contribution < -0.4 is 10.1 Å². The van der Waals surface area contributed by atoms with Crippen molar-refractivity contribution >= 4 is 11.9 Å². The van der Waals surface area contributed by atoms with Crippen molar-refractivity contribution in [3.8, 4) is 23.2 Å². The highest BCUT2D eigenvalue weighted by atomic mass is 19.1. The maximum absolute atomic E-state index is 14.9. The monoisotopic (exact) mass is 634 g/mol. The van der Waals surface area contributed by atoms with Crippen LogP contribution in [0.25, 0.3) is 11.4 Å². The third kappa shape index (κ3) is 7.06. The lowest BCUT2D eigenvalue weighted by atomic mass is 10.0. The van der Waals surface area contributed by atoms with Crippen LogP contribution in [0.4, 0.5) is 10.3 Å². The number of allylic oxidation sites excluding steroid dienone is 3. The highest BCUT2D eigenvalue weighted by molar-refractivity contribution is 5.76. The van der Waals surface area contributed by atoms with Crippen molar-refractivity contribution < 1.29 is 28.5 Å². The average molecular weight is 635 g/mol. The zero-order chi connectivity index (χ0) is 32.0. The Bertz CT molecular complexity index is 1520. The molecule has 244 valence electrons. The van der Waals surface area contributed by atoms with Gasteiger partial charge in [-0.15, -0.1) is 0 Å². The van der Waals surface area contributed by atoms with Gasteiger partial charge in [0.25, 0.3) is 0 Å². The first-order chi connectivity index (χ1) is 22.4. The number of benzene rings is 1. The van der Waals surface area contributed by atoms with Gasteiger partial charge in [0.05, 0.1) is 50.8 Å². The Morgan fingerprint density at radius 3 is 2.72 bits per heavy atom. The van der Waals surface area contributed by atoms with Crippen LogP contribution in [-0.2, 0) is 14.3 Å². The summed E-state index contributed by atoms with van der Waals surface area (Å²) < 4.78 is 32.0. The van der Waals surface area contributed by atoms with E-state index in [1.807, 2.05) is 6.08 Å². The maximum atomic E-state index is 14.9. The molecule has 4 aliphatic rings. The molecule has 4 heterocycles. The van der Waals surface area contributed by atoms with Gasteiger partial charge in [0, 0.05) is 62.9 Å². The summed E-state index contributed by atoms with van der Waals surface area (Å²) in [7, 11) is 1.69. The summed E-state index contributed by atoms with van der Waals surface area (Å²) in [5.41, 5.74) is 2.94. The number of carbonyl (C=O) groups excluding carboxylic acids is 1. The van der Waals surface area contributed by atoms with Crippen molar-refractivity contribution in [1.29, 1.82) is 5.26 Å². The first-order valence-electron chi connectivity index (χ1n) is 15.7. The summed E-state index contributed by atoms with van der Waals surface area (Å²) in [5, 5.41) is 22.1. The number of aromatic nitrogens is 3. The van der Waals surface area contributed by atoms with E-state index in [-0.39, 0.29) is 43.2 Å². The lowest BCUT2D eigenvalue weighted by Gasteiger charge is -2.44. The lowest BCUT2D eigenvalue weighted by molar-refractivity contribution is -0.135. The number of anilines is 1. The standard InChI is InChI=1S/C32H39FN8O5/c1-44-29-15-23(3-4-26(29)40-11-9-39(10-12-40)24-18-45-19-24)37-32-36-20-35-31(38-32)21-2-5-27(22(14-21)16-34)46-28-6-8-41(17-25(28)33)30(43)7-13-42/h2,5,14-15,20,24-25,28,42H,3-4,6-13,17-19H2,1H3,(H,35,36,37,38)/t25-,28+/m1/s1. The number of rotatable bonds is 10. The highest BCUT2D eigenvalue weighted by Crippen LogP contribution is 2.31. The van der Waals surface area contributed by atoms with Gasteiger partial charge < -0.3 is 34.4 Å². The van der Waals surface area contributed by atoms with Crippen LogP contribution in [0.1, 0.15) is 31.2 Å². The number of amides is 1. The van der Waals surface area contributed by atoms with E-state index in [9.17, 15) is 14.4 Å². The minimum Gasteiger partial charge on any atom is -0.495 e. The molecule has 0 bridgehead atoms. The number of nitriles is 1. The fourth-order valence-corrected chi connectivity index (χ4v) is 6.23. The number of piperidine rings is 1. The molecule has 2 atom stereocenters. The van der Waals surface area contributed by atoms with Crippen LogP contribution in [0, 0.1) is 11.3 Å². The molecular formula is C32H39FN8O5. The molecule has 6 rings (SSSR count). The molecule has 1 aromatic carbocycles. The number of halogens is 1.